The Kier molecular flexibility index (Phi) is 2.44. The van der Waals surface area contributed by atoms with Gasteiger partial charge < -0.3 is 0 Å². The molecule has 0 spiro atoms. The molecule has 0 aliphatic heterocycles. The maximum atomic E-state index is 10.7. The van der Waals surface area contributed by atoms with Crippen LogP contribution in [0.1, 0.15) is 4.88 Å². The Bertz CT molecular complexity index is 521. The minimum absolute atomic E-state index is 0.194. The molecular formula is C9H6INO2S. The number of aryl methyl sites for hydroxylation is 1. The Morgan fingerprint density at radius 3 is 2.86 bits per heavy atom. The van der Waals surface area contributed by atoms with Crippen molar-refractivity contribution < 1.29 is 4.92 Å². The first-order chi connectivity index (χ1) is 6.59. The molecule has 1 aromatic heterocycles. The molecule has 0 aliphatic rings. The molecule has 3 nitrogen and oxygen atoms in total. The van der Waals surface area contributed by atoms with Crippen LogP contribution in [0, 0.1) is 20.6 Å². The van der Waals surface area contributed by atoms with Crippen LogP contribution in [0.4, 0.5) is 5.69 Å². The zero-order chi connectivity index (χ0) is 10.3. The van der Waals surface area contributed by atoms with Gasteiger partial charge in [0.1, 0.15) is 3.57 Å². The van der Waals surface area contributed by atoms with Crippen LogP contribution in [0.3, 0.4) is 0 Å². The number of thiophene rings is 1. The third kappa shape index (κ3) is 1.50. The van der Waals surface area contributed by atoms with E-state index in [4.69, 9.17) is 0 Å². The molecule has 1 aromatic carbocycles. The first kappa shape index (κ1) is 9.85. The molecule has 2 rings (SSSR count). The van der Waals surface area contributed by atoms with Crippen molar-refractivity contribution in [1.29, 1.82) is 0 Å². The summed E-state index contributed by atoms with van der Waals surface area (Å²) in [6, 6.07) is 5.42. The minimum Gasteiger partial charge on any atom is -0.258 e. The molecule has 1 heterocycles. The number of fused-ring (bicyclic) bond motifs is 1. The molecule has 0 amide bonds. The molecular weight excluding hydrogens is 313 g/mol. The largest absolute Gasteiger partial charge is 0.284 e. The van der Waals surface area contributed by atoms with Crippen LogP contribution >= 0.6 is 33.9 Å². The fraction of sp³-hybridized carbons (Fsp3) is 0.111. The first-order valence-electron chi connectivity index (χ1n) is 3.92. The third-order valence-electron chi connectivity index (χ3n) is 1.93. The summed E-state index contributed by atoms with van der Waals surface area (Å²) >= 11 is 3.63. The lowest BCUT2D eigenvalue weighted by Gasteiger charge is -1.95. The molecule has 0 saturated heterocycles. The second kappa shape index (κ2) is 3.47. The standard InChI is InChI=1S/C9H6INO2S/c1-5-4-6-2-3-7(11(12)13)8(10)9(6)14-5/h2-4H,1H3. The number of hydrogen-bond acceptors (Lipinski definition) is 3. The molecule has 0 saturated carbocycles. The Balaban J connectivity index is 2.80. The Morgan fingerprint density at radius 1 is 1.50 bits per heavy atom. The quantitative estimate of drug-likeness (QED) is 0.457. The van der Waals surface area contributed by atoms with Crippen molar-refractivity contribution in [2.45, 2.75) is 6.92 Å². The summed E-state index contributed by atoms with van der Waals surface area (Å²) in [5.74, 6) is 0. The van der Waals surface area contributed by atoms with Crippen molar-refractivity contribution in [2.75, 3.05) is 0 Å². The van der Waals surface area contributed by atoms with Gasteiger partial charge >= 0.3 is 0 Å². The van der Waals surface area contributed by atoms with E-state index in [0.29, 0.717) is 0 Å². The molecule has 0 bridgehead atoms. The number of hydrogen-bond donors (Lipinski definition) is 0. The number of rotatable bonds is 1. The van der Waals surface area contributed by atoms with Crippen molar-refractivity contribution in [2.24, 2.45) is 0 Å². The molecule has 72 valence electrons. The molecule has 5 heteroatoms. The Labute approximate surface area is 98.0 Å². The number of benzene rings is 1. The SMILES string of the molecule is Cc1cc2ccc([N+](=O)[O-])c(I)c2s1. The highest BCUT2D eigenvalue weighted by Crippen LogP contribution is 2.34. The van der Waals surface area contributed by atoms with Crippen molar-refractivity contribution >= 4 is 49.7 Å². The summed E-state index contributed by atoms with van der Waals surface area (Å²) in [5.41, 5.74) is 0.194. The summed E-state index contributed by atoms with van der Waals surface area (Å²) in [7, 11) is 0. The van der Waals surface area contributed by atoms with Crippen molar-refractivity contribution in [3.63, 3.8) is 0 Å². The predicted octanol–water partition coefficient (Wildman–Crippen LogP) is 3.72. The van der Waals surface area contributed by atoms with Crippen LogP contribution in [0.25, 0.3) is 10.1 Å². The van der Waals surface area contributed by atoms with Crippen LogP contribution in [0.5, 0.6) is 0 Å². The average molecular weight is 319 g/mol. The summed E-state index contributed by atoms with van der Waals surface area (Å²) in [6.45, 7) is 2.01. The average Bonchev–Trinajstić information content (AvgIpc) is 2.46. The maximum absolute atomic E-state index is 10.7. The highest BCUT2D eigenvalue weighted by molar-refractivity contribution is 14.1. The van der Waals surface area contributed by atoms with Gasteiger partial charge in [-0.05, 0) is 47.0 Å². The van der Waals surface area contributed by atoms with Crippen LogP contribution in [0.2, 0.25) is 0 Å². The van der Waals surface area contributed by atoms with E-state index in [-0.39, 0.29) is 10.6 Å². The lowest BCUT2D eigenvalue weighted by molar-refractivity contribution is -0.385. The van der Waals surface area contributed by atoms with Crippen LogP contribution < -0.4 is 0 Å². The fourth-order valence-electron chi connectivity index (χ4n) is 1.33. The van der Waals surface area contributed by atoms with Gasteiger partial charge in [0, 0.05) is 10.9 Å². The van der Waals surface area contributed by atoms with Gasteiger partial charge in [0.25, 0.3) is 5.69 Å². The third-order valence-corrected chi connectivity index (χ3v) is 4.47. The predicted molar refractivity (Wildman–Crippen MR) is 65.9 cm³/mol. The van der Waals surface area contributed by atoms with E-state index in [1.54, 1.807) is 23.5 Å². The van der Waals surface area contributed by atoms with E-state index in [9.17, 15) is 10.1 Å². The van der Waals surface area contributed by atoms with E-state index in [0.717, 1.165) is 13.7 Å². The van der Waals surface area contributed by atoms with Crippen LogP contribution in [-0.4, -0.2) is 4.92 Å². The molecule has 0 unspecified atom stereocenters. The summed E-state index contributed by atoms with van der Waals surface area (Å²) in [4.78, 5) is 11.5. The van der Waals surface area contributed by atoms with Crippen LogP contribution in [-0.2, 0) is 0 Å². The topological polar surface area (TPSA) is 43.1 Å². The second-order valence-electron chi connectivity index (χ2n) is 2.93. The zero-order valence-corrected chi connectivity index (χ0v) is 10.3. The maximum Gasteiger partial charge on any atom is 0.284 e. The number of nitrogens with zero attached hydrogens (tertiary/aromatic N) is 1. The number of nitro benzene ring substituents is 1. The van der Waals surface area contributed by atoms with E-state index in [1.165, 1.54) is 4.88 Å². The Hall–Kier alpha value is -0.690. The molecule has 0 fully saturated rings. The van der Waals surface area contributed by atoms with Crippen molar-refractivity contribution in [3.8, 4) is 0 Å². The van der Waals surface area contributed by atoms with Crippen molar-refractivity contribution in [1.82, 2.24) is 0 Å². The molecule has 0 radical (unpaired) electrons. The number of halogens is 1. The van der Waals surface area contributed by atoms with Crippen LogP contribution in [0.15, 0.2) is 18.2 Å². The van der Waals surface area contributed by atoms with Gasteiger partial charge in [-0.3, -0.25) is 10.1 Å². The lowest BCUT2D eigenvalue weighted by Crippen LogP contribution is -1.90. The molecule has 0 atom stereocenters. The smallest absolute Gasteiger partial charge is 0.258 e. The van der Waals surface area contributed by atoms with Gasteiger partial charge in [-0.15, -0.1) is 11.3 Å². The van der Waals surface area contributed by atoms with E-state index in [2.05, 4.69) is 0 Å². The van der Waals surface area contributed by atoms with Gasteiger partial charge in [0.05, 0.1) is 9.62 Å². The van der Waals surface area contributed by atoms with Gasteiger partial charge in [0.15, 0.2) is 0 Å². The molecule has 2 aromatic rings. The second-order valence-corrected chi connectivity index (χ2v) is 5.27. The molecule has 0 aliphatic carbocycles. The summed E-state index contributed by atoms with van der Waals surface area (Å²) in [6.07, 6.45) is 0. The van der Waals surface area contributed by atoms with Gasteiger partial charge in [0.2, 0.25) is 0 Å². The fourth-order valence-corrected chi connectivity index (χ4v) is 3.29. The first-order valence-corrected chi connectivity index (χ1v) is 5.82. The molecule has 0 N–H and O–H groups in total. The summed E-state index contributed by atoms with van der Waals surface area (Å²) in [5, 5.41) is 11.8. The Morgan fingerprint density at radius 2 is 2.21 bits per heavy atom. The lowest BCUT2D eigenvalue weighted by atomic mass is 10.2. The van der Waals surface area contributed by atoms with E-state index in [1.807, 2.05) is 35.6 Å². The van der Waals surface area contributed by atoms with Crippen molar-refractivity contribution in [3.05, 3.63) is 36.8 Å². The number of nitro groups is 1. The van der Waals surface area contributed by atoms with E-state index < -0.39 is 0 Å². The van der Waals surface area contributed by atoms with E-state index >= 15 is 0 Å². The van der Waals surface area contributed by atoms with Gasteiger partial charge in [-0.2, -0.15) is 0 Å². The van der Waals surface area contributed by atoms with Gasteiger partial charge in [-0.1, -0.05) is 0 Å². The summed E-state index contributed by atoms with van der Waals surface area (Å²) < 4.78 is 1.75. The highest BCUT2D eigenvalue weighted by atomic mass is 127. The minimum atomic E-state index is -0.337. The molecule has 14 heavy (non-hydrogen) atoms. The van der Waals surface area contributed by atoms with Gasteiger partial charge in [-0.25, -0.2) is 0 Å². The highest BCUT2D eigenvalue weighted by Gasteiger charge is 2.15. The normalized spacial score (nSPS) is 10.7. The monoisotopic (exact) mass is 319 g/mol. The zero-order valence-electron chi connectivity index (χ0n) is 7.28.